The van der Waals surface area contributed by atoms with Crippen LogP contribution in [0.3, 0.4) is 0 Å². The third-order valence-electron chi connectivity index (χ3n) is 34.5. The fourth-order valence-electron chi connectivity index (χ4n) is 25.6. The van der Waals surface area contributed by atoms with E-state index in [1.807, 2.05) is 62.3 Å². The quantitative estimate of drug-likeness (QED) is 0.0318. The first-order valence-electron chi connectivity index (χ1n) is 52.9. The first-order valence-corrected chi connectivity index (χ1v) is 55.8. The van der Waals surface area contributed by atoms with E-state index in [1.165, 1.54) is 52.4 Å². The minimum absolute atomic E-state index is 0.00284. The number of rotatable bonds is 28. The van der Waals surface area contributed by atoms with Crippen molar-refractivity contribution >= 4 is 104 Å². The van der Waals surface area contributed by atoms with Gasteiger partial charge >= 0.3 is 83.6 Å². The highest BCUT2D eigenvalue weighted by molar-refractivity contribution is 7.88. The summed E-state index contributed by atoms with van der Waals surface area (Å²) in [5.41, 5.74) is -2.96. The number of ether oxygens (including phenoxy) is 16. The van der Waals surface area contributed by atoms with Crippen LogP contribution in [0.15, 0.2) is 48.6 Å². The van der Waals surface area contributed by atoms with Gasteiger partial charge in [0.2, 0.25) is 0 Å². The van der Waals surface area contributed by atoms with Crippen LogP contribution in [0.25, 0.3) is 0 Å². The van der Waals surface area contributed by atoms with Crippen molar-refractivity contribution in [3.63, 3.8) is 0 Å². The minimum atomic E-state index is -3.53. The van der Waals surface area contributed by atoms with E-state index in [0.29, 0.717) is 99.0 Å². The van der Waals surface area contributed by atoms with Crippen molar-refractivity contribution in [2.24, 2.45) is 80.8 Å². The van der Waals surface area contributed by atoms with Crippen molar-refractivity contribution in [3.05, 3.63) is 48.6 Å². The van der Waals surface area contributed by atoms with Gasteiger partial charge in [-0.2, -0.15) is 16.8 Å². The van der Waals surface area contributed by atoms with Crippen LogP contribution in [0.2, 0.25) is 0 Å². The normalized spacial score (nSPS) is 36.1. The molecule has 16 bridgehead atoms. The van der Waals surface area contributed by atoms with Gasteiger partial charge in [0.05, 0.1) is 67.4 Å². The Morgan fingerprint density at radius 1 is 0.365 bits per heavy atom. The zero-order valence-corrected chi connectivity index (χ0v) is 90.8. The van der Waals surface area contributed by atoms with E-state index in [9.17, 15) is 94.2 Å². The Hall–Kier alpha value is -8.80. The van der Waals surface area contributed by atoms with Crippen LogP contribution in [0.5, 0.6) is 0 Å². The lowest BCUT2D eigenvalue weighted by molar-refractivity contribution is -0.225. The van der Waals surface area contributed by atoms with E-state index in [-0.39, 0.29) is 129 Å². The molecular formula is C108H156O38S2. The highest BCUT2D eigenvalue weighted by Gasteiger charge is 2.70. The molecule has 828 valence electrons. The van der Waals surface area contributed by atoms with E-state index in [2.05, 4.69) is 33.2 Å². The summed E-state index contributed by atoms with van der Waals surface area (Å²) < 4.78 is 142. The maximum atomic E-state index is 12.4. The summed E-state index contributed by atoms with van der Waals surface area (Å²) in [6, 6.07) is 0. The zero-order chi connectivity index (χ0) is 109. The number of esters is 14. The number of carbonyl (C=O) groups is 14. The topological polar surface area (TPSA) is 514 Å². The van der Waals surface area contributed by atoms with E-state index in [1.54, 1.807) is 41.5 Å². The average Bonchev–Trinajstić information content (AvgIpc) is 1.44. The van der Waals surface area contributed by atoms with Crippen LogP contribution in [0.1, 0.15) is 317 Å². The van der Waals surface area contributed by atoms with Gasteiger partial charge in [-0.3, -0.25) is 37.1 Å². The lowest BCUT2D eigenvalue weighted by Crippen LogP contribution is -2.61. The standard InChI is InChI=1S/C16H26O3.C15H22O7S.C15H20O7.C14H20O3.C13H16O7S.C13H14O7.C12H22O2.C10H16O2/c1-4-14(2,3)13(17)19-16-8-11-5-12(9-16)7-15(18,6-11)10-16;1-4-15(2,3)14(17)20-7-11(16)21-12-8-5-9-10(6-8)23(18,19)22-13(9)12;1-4-15(2,3)14(18)19-6-9(16)21-11-8-5-7-10(20-8)12(11)22-13(7)17;1-9(2)12(15)17-14-6-10-3-11(7-14)5-13(16,4-10)8-14;1-6(2)13(15)18-5-10(14)19-11-7-3-8-9(4-7)21(16,17)20-12(8)11;1-5(2)12(15)17-4-8(14)19-10-7-3-6-9(18-7)11(10)20-13(6)16;1-5-11(2,3)10(13)14-12(4)8-6-7-9-12;1-8(2)9(11)12-10(3)6-4-5-7-10/h11-12,18H,4-10H2,1-3H3;8-10,12-13H,4-7H2,1-3H3;7-8,10-12H,4-6H2,1-3H3;10-11,16H,1,3-8H2,2H3;7-9,11-12H,1,3-5H2,2H3;6-7,9-11H,1,3-4H2,2H3;5-9H2,1-4H3;1,4-7H2,2-3H3. The third kappa shape index (κ3) is 26.3. The molecule has 8 saturated heterocycles. The van der Waals surface area contributed by atoms with E-state index in [4.69, 9.17) is 84.2 Å². The monoisotopic (exact) mass is 2120 g/mol. The molecule has 24 atom stereocenters. The summed E-state index contributed by atoms with van der Waals surface area (Å²) in [6.45, 7) is 45.0. The van der Waals surface area contributed by atoms with Gasteiger partial charge in [0.25, 0.3) is 20.2 Å². The SMILES string of the molecule is C=C(C)C(=O)OC1(C)CCCC1.C=C(C)C(=O)OC12CC3CC(CC(O)(C3)C1)C2.C=C(C)C(=O)OCC(=O)OC1C2CC3C(=O)OC1C3O2.C=C(C)C(=O)OCC(=O)OC1C2CC3C1OS(=O)(=O)C3C2.CCC(C)(C)C(=O)OC1(C)CCCC1.CCC(C)(C)C(=O)OC12CC3CC(CC(O)(C3)C1)C2.CCC(C)(C)C(=O)OCC(=O)OC1C2CC3C(=O)OC1C3O2.CCC(C)(C)C(=O)OCC(=O)OC1C2CC3C1OS(=O)(=O)C3C2. The van der Waals surface area contributed by atoms with E-state index < -0.39 is 187 Å². The van der Waals surface area contributed by atoms with E-state index in [0.717, 1.165) is 89.9 Å². The van der Waals surface area contributed by atoms with E-state index >= 15 is 0 Å². The molecule has 0 radical (unpaired) electrons. The Morgan fingerprint density at radius 3 is 0.986 bits per heavy atom. The van der Waals surface area contributed by atoms with Gasteiger partial charge in [-0.15, -0.1) is 0 Å². The second-order valence-corrected chi connectivity index (χ2v) is 52.1. The molecule has 8 aliphatic heterocycles. The van der Waals surface area contributed by atoms with Crippen LogP contribution >= 0.6 is 0 Å². The predicted octanol–water partition coefficient (Wildman–Crippen LogP) is 12.5. The molecule has 38 nitrogen and oxygen atoms in total. The summed E-state index contributed by atoms with van der Waals surface area (Å²) in [7, 11) is -7.05. The first-order chi connectivity index (χ1) is 68.8. The fourth-order valence-corrected chi connectivity index (χ4v) is 29.3. The Bertz CT molecular complexity index is 5310. The Balaban J connectivity index is 0.000000142. The second kappa shape index (κ2) is 44.7. The summed E-state index contributed by atoms with van der Waals surface area (Å²) in [5.74, 6) is -4.59. The molecular weight excluding hydrogens is 1970 g/mol. The molecule has 8 heterocycles. The van der Waals surface area contributed by atoms with Gasteiger partial charge in [-0.25, -0.2) is 38.4 Å². The van der Waals surface area contributed by atoms with Crippen molar-refractivity contribution in [2.75, 3.05) is 26.4 Å². The molecule has 14 saturated carbocycles. The molecule has 0 aromatic heterocycles. The number of hydrogen-bond acceptors (Lipinski definition) is 38. The van der Waals surface area contributed by atoms with Crippen molar-refractivity contribution in [3.8, 4) is 0 Å². The van der Waals surface area contributed by atoms with Crippen molar-refractivity contribution in [1.29, 1.82) is 0 Å². The molecule has 2 N–H and O–H groups in total. The number of aliphatic hydroxyl groups is 2. The molecule has 0 aromatic carbocycles. The Morgan fingerprint density at radius 2 is 0.662 bits per heavy atom. The number of carbonyl (C=O) groups excluding carboxylic acids is 14. The Kier molecular flexibility index (Phi) is 35.1. The highest BCUT2D eigenvalue weighted by Crippen LogP contribution is 2.63. The molecule has 0 spiro atoms. The van der Waals surface area contributed by atoms with Gasteiger partial charge in [-0.1, -0.05) is 54.0 Å². The van der Waals surface area contributed by atoms with Crippen molar-refractivity contribution in [2.45, 2.75) is 435 Å². The Labute approximate surface area is 868 Å². The van der Waals surface area contributed by atoms with Gasteiger partial charge in [0.1, 0.15) is 59.0 Å². The van der Waals surface area contributed by atoms with Gasteiger partial charge in [-0.05, 0) is 300 Å². The first kappa shape index (κ1) is 116. The molecule has 14 aliphatic carbocycles. The number of hydrogen-bond donors (Lipinski definition) is 2. The molecule has 0 aromatic rings. The molecule has 22 rings (SSSR count). The molecule has 22 fully saturated rings. The van der Waals surface area contributed by atoms with Crippen molar-refractivity contribution in [1.82, 2.24) is 0 Å². The second-order valence-electron chi connectivity index (χ2n) is 48.5. The number of fused-ring (bicyclic) bond motifs is 4. The highest BCUT2D eigenvalue weighted by atomic mass is 32.2. The molecule has 148 heavy (non-hydrogen) atoms. The third-order valence-corrected chi connectivity index (χ3v) is 38.0. The van der Waals surface area contributed by atoms with Crippen LogP contribution in [-0.4, -0.2) is 254 Å². The maximum absolute atomic E-state index is 12.4. The summed E-state index contributed by atoms with van der Waals surface area (Å²) in [6.07, 6.45) is 20.3. The van der Waals surface area contributed by atoms with Gasteiger partial charge in [0.15, 0.2) is 50.8 Å². The van der Waals surface area contributed by atoms with Gasteiger partial charge < -0.3 is 86.0 Å². The predicted molar refractivity (Wildman–Crippen MR) is 523 cm³/mol. The lowest BCUT2D eigenvalue weighted by Gasteiger charge is -2.59. The van der Waals surface area contributed by atoms with Crippen LogP contribution < -0.4 is 0 Å². The molecule has 24 unspecified atom stereocenters. The largest absolute Gasteiger partial charge is 0.459 e. The summed E-state index contributed by atoms with van der Waals surface area (Å²) >= 11 is 0. The fraction of sp³-hybridized carbons (Fsp3) is 0.796. The van der Waals surface area contributed by atoms with Crippen LogP contribution in [0, 0.1) is 80.8 Å². The van der Waals surface area contributed by atoms with Gasteiger partial charge in [0, 0.05) is 58.8 Å². The minimum Gasteiger partial charge on any atom is -0.459 e. The van der Waals surface area contributed by atoms with Crippen molar-refractivity contribution < 1.29 is 178 Å². The molecule has 40 heteroatoms. The molecule has 22 aliphatic rings. The molecule has 0 amide bonds. The summed E-state index contributed by atoms with van der Waals surface area (Å²) in [5, 5.41) is 20.3. The van der Waals surface area contributed by atoms with Crippen LogP contribution in [-0.2, 0) is 172 Å². The van der Waals surface area contributed by atoms with Crippen LogP contribution in [0.4, 0.5) is 0 Å². The smallest absolute Gasteiger partial charge is 0.344 e. The summed E-state index contributed by atoms with van der Waals surface area (Å²) in [4.78, 5) is 163. The lowest BCUT2D eigenvalue weighted by atomic mass is 9.52. The maximum Gasteiger partial charge on any atom is 0.344 e. The average molecular weight is 2130 g/mol. The zero-order valence-electron chi connectivity index (χ0n) is 89.1.